The number of ketones is 1. The van der Waals surface area contributed by atoms with Crippen LogP contribution in [0.1, 0.15) is 25.5 Å². The van der Waals surface area contributed by atoms with E-state index in [0.717, 1.165) is 0 Å². The van der Waals surface area contributed by atoms with Gasteiger partial charge in [0, 0.05) is 11.6 Å². The van der Waals surface area contributed by atoms with Crippen LogP contribution >= 0.6 is 0 Å². The number of carbonyl (C=O) groups excluding carboxylic acids is 2. The van der Waals surface area contributed by atoms with Crippen LogP contribution in [0.2, 0.25) is 0 Å². The number of methoxy groups -OCH3 is 1. The highest BCUT2D eigenvalue weighted by atomic mass is 19.1. The van der Waals surface area contributed by atoms with Crippen LogP contribution in [0.5, 0.6) is 5.75 Å². The van der Waals surface area contributed by atoms with Crippen LogP contribution in [-0.4, -0.2) is 23.9 Å². The number of aliphatic hydroxyl groups excluding tert-OH is 1. The van der Waals surface area contributed by atoms with Gasteiger partial charge in [0.05, 0.1) is 18.7 Å². The summed E-state index contributed by atoms with van der Waals surface area (Å²) in [5.41, 5.74) is 1.05. The predicted molar refractivity (Wildman–Crippen MR) is 99.1 cm³/mol. The molecule has 0 radical (unpaired) electrons. The smallest absolute Gasteiger partial charge is 0.294 e. The molecule has 0 fully saturated rings. The van der Waals surface area contributed by atoms with E-state index in [1.165, 1.54) is 36.3 Å². The van der Waals surface area contributed by atoms with Crippen LogP contribution < -0.4 is 9.64 Å². The van der Waals surface area contributed by atoms with Crippen molar-refractivity contribution in [2.45, 2.75) is 19.9 Å². The van der Waals surface area contributed by atoms with Crippen molar-refractivity contribution in [3.8, 4) is 5.75 Å². The summed E-state index contributed by atoms with van der Waals surface area (Å²) in [5.74, 6) is -1.79. The number of ether oxygens (including phenoxy) is 1. The molecule has 2 aromatic rings. The third kappa shape index (κ3) is 3.30. The Morgan fingerprint density at radius 2 is 1.70 bits per heavy atom. The Labute approximate surface area is 156 Å². The monoisotopic (exact) mass is 369 g/mol. The van der Waals surface area contributed by atoms with E-state index in [0.29, 0.717) is 17.0 Å². The van der Waals surface area contributed by atoms with E-state index in [9.17, 15) is 19.1 Å². The standard InChI is InChI=1S/C21H20FNO4/c1-12(2)19(24)17-18(13-4-6-14(22)7-5-13)23(21(26)20(17)25)15-8-10-16(27-3)11-9-15/h4-12,18,25H,1-3H3. The molecular weight excluding hydrogens is 349 g/mol. The zero-order chi connectivity index (χ0) is 19.7. The first kappa shape index (κ1) is 18.6. The maximum atomic E-state index is 13.4. The summed E-state index contributed by atoms with van der Waals surface area (Å²) in [6, 6.07) is 11.4. The summed E-state index contributed by atoms with van der Waals surface area (Å²) in [4.78, 5) is 26.9. The van der Waals surface area contributed by atoms with Crippen molar-refractivity contribution in [2.24, 2.45) is 5.92 Å². The second kappa shape index (κ2) is 7.23. The lowest BCUT2D eigenvalue weighted by Gasteiger charge is -2.27. The predicted octanol–water partition coefficient (Wildman–Crippen LogP) is 3.96. The van der Waals surface area contributed by atoms with Crippen LogP contribution in [0.15, 0.2) is 59.9 Å². The summed E-state index contributed by atoms with van der Waals surface area (Å²) in [5, 5.41) is 10.5. The van der Waals surface area contributed by atoms with Gasteiger partial charge in [-0.25, -0.2) is 4.39 Å². The molecule has 1 atom stereocenters. The van der Waals surface area contributed by atoms with Crippen molar-refractivity contribution in [2.75, 3.05) is 12.0 Å². The van der Waals surface area contributed by atoms with Gasteiger partial charge in [0.25, 0.3) is 5.91 Å². The minimum Gasteiger partial charge on any atom is -0.503 e. The molecule has 0 aromatic heterocycles. The van der Waals surface area contributed by atoms with Crippen molar-refractivity contribution >= 4 is 17.4 Å². The fraction of sp³-hybridized carbons (Fsp3) is 0.238. The molecule has 0 aliphatic carbocycles. The van der Waals surface area contributed by atoms with Gasteiger partial charge >= 0.3 is 0 Å². The van der Waals surface area contributed by atoms with Gasteiger partial charge in [-0.2, -0.15) is 0 Å². The average molecular weight is 369 g/mol. The lowest BCUT2D eigenvalue weighted by molar-refractivity contribution is -0.119. The molecule has 0 spiro atoms. The summed E-state index contributed by atoms with van der Waals surface area (Å²) < 4.78 is 18.5. The highest BCUT2D eigenvalue weighted by Crippen LogP contribution is 2.42. The summed E-state index contributed by atoms with van der Waals surface area (Å²) >= 11 is 0. The SMILES string of the molecule is COc1ccc(N2C(=O)C(O)=C(C(=O)C(C)C)C2c2ccc(F)cc2)cc1. The highest BCUT2D eigenvalue weighted by Gasteiger charge is 2.44. The Morgan fingerprint density at radius 3 is 2.22 bits per heavy atom. The number of hydrogen-bond donors (Lipinski definition) is 1. The molecule has 6 heteroatoms. The number of nitrogens with zero attached hydrogens (tertiary/aromatic N) is 1. The largest absolute Gasteiger partial charge is 0.503 e. The zero-order valence-electron chi connectivity index (χ0n) is 15.3. The van der Waals surface area contributed by atoms with Crippen molar-refractivity contribution < 1.29 is 23.8 Å². The fourth-order valence-corrected chi connectivity index (χ4v) is 3.14. The van der Waals surface area contributed by atoms with Gasteiger partial charge < -0.3 is 9.84 Å². The van der Waals surface area contributed by atoms with E-state index in [1.807, 2.05) is 0 Å². The Bertz CT molecular complexity index is 901. The normalized spacial score (nSPS) is 17.0. The lowest BCUT2D eigenvalue weighted by atomic mass is 9.91. The molecular formula is C21H20FNO4. The van der Waals surface area contributed by atoms with Gasteiger partial charge in [-0.1, -0.05) is 26.0 Å². The number of Topliss-reactive ketones (excluding diaryl/α,β-unsaturated/α-hetero) is 1. The average Bonchev–Trinajstić information content (AvgIpc) is 2.93. The topological polar surface area (TPSA) is 66.8 Å². The van der Waals surface area contributed by atoms with Gasteiger partial charge in [-0.05, 0) is 42.0 Å². The number of hydrogen-bond acceptors (Lipinski definition) is 4. The Balaban J connectivity index is 2.15. The van der Waals surface area contributed by atoms with E-state index in [-0.39, 0.29) is 11.4 Å². The maximum absolute atomic E-state index is 13.4. The van der Waals surface area contributed by atoms with E-state index in [4.69, 9.17) is 4.74 Å². The van der Waals surface area contributed by atoms with Crippen molar-refractivity contribution in [1.82, 2.24) is 0 Å². The number of rotatable bonds is 5. The number of halogens is 1. The molecule has 140 valence electrons. The Morgan fingerprint density at radius 1 is 1.11 bits per heavy atom. The molecule has 1 aliphatic heterocycles. The fourth-order valence-electron chi connectivity index (χ4n) is 3.14. The van der Waals surface area contributed by atoms with Crippen LogP contribution in [0, 0.1) is 11.7 Å². The lowest BCUT2D eigenvalue weighted by Crippen LogP contribution is -2.31. The van der Waals surface area contributed by atoms with E-state index in [1.54, 1.807) is 38.1 Å². The first-order valence-corrected chi connectivity index (χ1v) is 8.55. The molecule has 5 nitrogen and oxygen atoms in total. The summed E-state index contributed by atoms with van der Waals surface area (Å²) in [7, 11) is 1.53. The Kier molecular flexibility index (Phi) is 4.99. The molecule has 0 bridgehead atoms. The molecule has 1 N–H and O–H groups in total. The molecule has 1 heterocycles. The van der Waals surface area contributed by atoms with E-state index in [2.05, 4.69) is 0 Å². The summed E-state index contributed by atoms with van der Waals surface area (Å²) in [6.07, 6.45) is 0. The third-order valence-electron chi connectivity index (χ3n) is 4.53. The van der Waals surface area contributed by atoms with E-state index >= 15 is 0 Å². The van der Waals surface area contributed by atoms with Gasteiger partial charge in [-0.3, -0.25) is 14.5 Å². The Hall–Kier alpha value is -3.15. The minimum atomic E-state index is -0.832. The maximum Gasteiger partial charge on any atom is 0.294 e. The zero-order valence-corrected chi connectivity index (χ0v) is 15.3. The first-order valence-electron chi connectivity index (χ1n) is 8.55. The number of benzene rings is 2. The van der Waals surface area contributed by atoms with E-state index < -0.39 is 29.4 Å². The second-order valence-electron chi connectivity index (χ2n) is 6.61. The molecule has 3 rings (SSSR count). The molecule has 2 aromatic carbocycles. The van der Waals surface area contributed by atoms with Gasteiger partial charge in [0.15, 0.2) is 11.5 Å². The number of amides is 1. The molecule has 0 saturated carbocycles. The molecule has 1 aliphatic rings. The van der Waals surface area contributed by atoms with Crippen LogP contribution in [-0.2, 0) is 9.59 Å². The van der Waals surface area contributed by atoms with Gasteiger partial charge in [-0.15, -0.1) is 0 Å². The third-order valence-corrected chi connectivity index (χ3v) is 4.53. The van der Waals surface area contributed by atoms with Crippen molar-refractivity contribution in [3.05, 3.63) is 71.2 Å². The number of aliphatic hydroxyl groups is 1. The molecule has 0 saturated heterocycles. The van der Waals surface area contributed by atoms with Gasteiger partial charge in [0.1, 0.15) is 11.6 Å². The minimum absolute atomic E-state index is 0.0254. The first-order chi connectivity index (χ1) is 12.8. The number of carbonyl (C=O) groups is 2. The highest BCUT2D eigenvalue weighted by molar-refractivity contribution is 6.16. The van der Waals surface area contributed by atoms with Crippen molar-refractivity contribution in [1.29, 1.82) is 0 Å². The van der Waals surface area contributed by atoms with Gasteiger partial charge in [0.2, 0.25) is 0 Å². The molecule has 27 heavy (non-hydrogen) atoms. The van der Waals surface area contributed by atoms with Crippen molar-refractivity contribution in [3.63, 3.8) is 0 Å². The van der Waals surface area contributed by atoms with Crippen LogP contribution in [0.4, 0.5) is 10.1 Å². The summed E-state index contributed by atoms with van der Waals surface area (Å²) in [6.45, 7) is 3.40. The molecule has 1 unspecified atom stereocenters. The van der Waals surface area contributed by atoms with Crippen LogP contribution in [0.3, 0.4) is 0 Å². The number of anilines is 1. The van der Waals surface area contributed by atoms with Crippen LogP contribution in [0.25, 0.3) is 0 Å². The molecule has 1 amide bonds. The quantitative estimate of drug-likeness (QED) is 0.866. The second-order valence-corrected chi connectivity index (χ2v) is 6.61.